The molecule has 5 nitrogen and oxygen atoms in total. The van der Waals surface area contributed by atoms with E-state index in [4.69, 9.17) is 0 Å². The molecule has 1 aromatic rings. The van der Waals surface area contributed by atoms with Crippen molar-refractivity contribution < 1.29 is 17.6 Å². The Morgan fingerprint density at radius 2 is 1.77 bits per heavy atom. The lowest BCUT2D eigenvalue weighted by Crippen LogP contribution is -2.42. The van der Waals surface area contributed by atoms with Crippen molar-refractivity contribution in [1.82, 2.24) is 4.72 Å². The van der Waals surface area contributed by atoms with E-state index < -0.39 is 21.4 Å². The highest BCUT2D eigenvalue weighted by Crippen LogP contribution is 2.29. The molecule has 0 radical (unpaired) electrons. The number of alkyl halides is 1. The van der Waals surface area contributed by atoms with E-state index in [1.807, 2.05) is 18.2 Å². The first kappa shape index (κ1) is 19.3. The summed E-state index contributed by atoms with van der Waals surface area (Å²) >= 11 is 0. The van der Waals surface area contributed by atoms with Gasteiger partial charge in [-0.3, -0.25) is 4.79 Å². The molecule has 0 saturated heterocycles. The number of rotatable bonds is 5. The van der Waals surface area contributed by atoms with Crippen molar-refractivity contribution in [3.8, 4) is 0 Å². The van der Waals surface area contributed by atoms with Gasteiger partial charge in [0.05, 0.1) is 5.25 Å². The van der Waals surface area contributed by atoms with Gasteiger partial charge in [-0.05, 0) is 62.8 Å². The topological polar surface area (TPSA) is 75.3 Å². The fourth-order valence-corrected chi connectivity index (χ4v) is 4.70. The molecule has 0 spiro atoms. The van der Waals surface area contributed by atoms with Crippen LogP contribution < -0.4 is 10.0 Å². The van der Waals surface area contributed by atoms with E-state index in [-0.39, 0.29) is 17.9 Å². The predicted octanol–water partition coefficient (Wildman–Crippen LogP) is 2.95. The minimum atomic E-state index is -3.28. The molecule has 1 atom stereocenters. The molecule has 2 aliphatic rings. The smallest absolute Gasteiger partial charge is 0.227 e. The predicted molar refractivity (Wildman–Crippen MR) is 100 cm³/mol. The zero-order chi connectivity index (χ0) is 18.9. The van der Waals surface area contributed by atoms with E-state index >= 15 is 0 Å². The van der Waals surface area contributed by atoms with Crippen molar-refractivity contribution in [2.45, 2.75) is 69.8 Å². The van der Waals surface area contributed by atoms with Crippen LogP contribution in [-0.2, 0) is 27.7 Å². The Bertz CT molecular complexity index is 771. The minimum Gasteiger partial charge on any atom is -0.326 e. The van der Waals surface area contributed by atoms with E-state index in [0.29, 0.717) is 44.2 Å². The van der Waals surface area contributed by atoms with Crippen LogP contribution in [-0.4, -0.2) is 31.8 Å². The monoisotopic (exact) mass is 382 g/mol. The molecule has 0 heterocycles. The standard InChI is InChI=1S/C19H27FN2O3S/c1-12(2)26(24,25)22-17-6-3-13(4-7-17)19(23)21-18-8-5-14-9-16(20)10-15(14)11-18/h5,8,11-13,16-17,22H,3-4,6-7,9-10H2,1-2H3,(H,21,23). The van der Waals surface area contributed by atoms with Crippen molar-refractivity contribution >= 4 is 21.6 Å². The number of carbonyl (C=O) groups is 1. The van der Waals surface area contributed by atoms with Gasteiger partial charge in [-0.1, -0.05) is 6.07 Å². The highest BCUT2D eigenvalue weighted by Gasteiger charge is 2.30. The second-order valence-electron chi connectivity index (χ2n) is 7.74. The average Bonchev–Trinajstić information content (AvgIpc) is 2.94. The van der Waals surface area contributed by atoms with Crippen LogP contribution in [0.4, 0.5) is 10.1 Å². The second-order valence-corrected chi connectivity index (χ2v) is 10.0. The minimum absolute atomic E-state index is 0.0371. The van der Waals surface area contributed by atoms with Crippen LogP contribution in [0.3, 0.4) is 0 Å². The van der Waals surface area contributed by atoms with E-state index in [9.17, 15) is 17.6 Å². The lowest BCUT2D eigenvalue weighted by molar-refractivity contribution is -0.120. The van der Waals surface area contributed by atoms with E-state index in [1.165, 1.54) is 0 Å². The number of sulfonamides is 1. The van der Waals surface area contributed by atoms with Gasteiger partial charge in [0.2, 0.25) is 15.9 Å². The number of amides is 1. The number of nitrogens with one attached hydrogen (secondary N) is 2. The fraction of sp³-hybridized carbons (Fsp3) is 0.632. The third kappa shape index (κ3) is 4.43. The molecular weight excluding hydrogens is 355 g/mol. The van der Waals surface area contributed by atoms with Crippen LogP contribution in [0.1, 0.15) is 50.7 Å². The van der Waals surface area contributed by atoms with Gasteiger partial charge in [0.1, 0.15) is 6.17 Å². The summed E-state index contributed by atoms with van der Waals surface area (Å²) in [4.78, 5) is 12.5. The summed E-state index contributed by atoms with van der Waals surface area (Å²) in [5.41, 5.74) is 2.71. The van der Waals surface area contributed by atoms with Gasteiger partial charge in [-0.2, -0.15) is 0 Å². The van der Waals surface area contributed by atoms with Crippen LogP contribution in [0.25, 0.3) is 0 Å². The Morgan fingerprint density at radius 1 is 1.12 bits per heavy atom. The Balaban J connectivity index is 1.52. The molecule has 144 valence electrons. The molecule has 2 aliphatic carbocycles. The lowest BCUT2D eigenvalue weighted by atomic mass is 9.86. The number of hydrogen-bond donors (Lipinski definition) is 2. The molecule has 7 heteroatoms. The average molecular weight is 383 g/mol. The van der Waals surface area contributed by atoms with Crippen LogP contribution in [0.15, 0.2) is 18.2 Å². The van der Waals surface area contributed by atoms with Crippen molar-refractivity contribution in [3.63, 3.8) is 0 Å². The van der Waals surface area contributed by atoms with E-state index in [1.54, 1.807) is 13.8 Å². The van der Waals surface area contributed by atoms with Gasteiger partial charge in [0.15, 0.2) is 0 Å². The molecule has 0 bridgehead atoms. The first-order valence-electron chi connectivity index (χ1n) is 9.32. The zero-order valence-corrected chi connectivity index (χ0v) is 16.1. The summed E-state index contributed by atoms with van der Waals surface area (Å²) in [5, 5.41) is 2.49. The van der Waals surface area contributed by atoms with Crippen molar-refractivity contribution in [3.05, 3.63) is 29.3 Å². The summed E-state index contributed by atoms with van der Waals surface area (Å²) in [6, 6.07) is 5.50. The molecule has 1 amide bonds. The number of hydrogen-bond acceptors (Lipinski definition) is 3. The Morgan fingerprint density at radius 3 is 2.42 bits per heavy atom. The molecule has 26 heavy (non-hydrogen) atoms. The molecule has 0 aliphatic heterocycles. The van der Waals surface area contributed by atoms with Crippen molar-refractivity contribution in [2.24, 2.45) is 5.92 Å². The molecule has 2 N–H and O–H groups in total. The molecule has 1 unspecified atom stereocenters. The molecule has 1 saturated carbocycles. The van der Waals surface area contributed by atoms with Crippen LogP contribution in [0.5, 0.6) is 0 Å². The maximum absolute atomic E-state index is 13.5. The molecule has 0 aromatic heterocycles. The van der Waals surface area contributed by atoms with Gasteiger partial charge >= 0.3 is 0 Å². The summed E-state index contributed by atoms with van der Waals surface area (Å²) in [6.45, 7) is 3.31. The van der Waals surface area contributed by atoms with Gasteiger partial charge in [0.25, 0.3) is 0 Å². The third-order valence-corrected chi connectivity index (χ3v) is 7.31. The summed E-state index contributed by atoms with van der Waals surface area (Å²) in [6.07, 6.45) is 2.71. The molecular formula is C19H27FN2O3S. The van der Waals surface area contributed by atoms with E-state index in [2.05, 4.69) is 10.0 Å². The van der Waals surface area contributed by atoms with Crippen molar-refractivity contribution in [2.75, 3.05) is 5.32 Å². The second kappa shape index (κ2) is 7.64. The van der Waals surface area contributed by atoms with Crippen LogP contribution in [0, 0.1) is 5.92 Å². The maximum Gasteiger partial charge on any atom is 0.227 e. The van der Waals surface area contributed by atoms with E-state index in [0.717, 1.165) is 11.1 Å². The van der Waals surface area contributed by atoms with Crippen LogP contribution in [0.2, 0.25) is 0 Å². The van der Waals surface area contributed by atoms with Crippen LogP contribution >= 0.6 is 0 Å². The Labute approximate surface area is 154 Å². The summed E-state index contributed by atoms with van der Waals surface area (Å²) in [5.74, 6) is -0.151. The van der Waals surface area contributed by atoms with Crippen molar-refractivity contribution in [1.29, 1.82) is 0 Å². The highest BCUT2D eigenvalue weighted by molar-refractivity contribution is 7.90. The normalized spacial score (nSPS) is 25.9. The summed E-state index contributed by atoms with van der Waals surface area (Å²) < 4.78 is 40.1. The molecule has 1 aromatic carbocycles. The van der Waals surface area contributed by atoms with Gasteiger partial charge in [-0.15, -0.1) is 0 Å². The first-order valence-corrected chi connectivity index (χ1v) is 10.9. The highest BCUT2D eigenvalue weighted by atomic mass is 32.2. The largest absolute Gasteiger partial charge is 0.326 e. The SMILES string of the molecule is CC(C)S(=O)(=O)NC1CCC(C(=O)Nc2ccc3c(c2)CC(F)C3)CC1. The van der Waals surface area contributed by atoms with Gasteiger partial charge in [-0.25, -0.2) is 17.5 Å². The summed E-state index contributed by atoms with van der Waals surface area (Å²) in [7, 11) is -3.28. The number of halogens is 1. The maximum atomic E-state index is 13.5. The Kier molecular flexibility index (Phi) is 5.67. The number of fused-ring (bicyclic) bond motifs is 1. The molecule has 3 rings (SSSR count). The van der Waals surface area contributed by atoms with Gasteiger partial charge in [0, 0.05) is 30.5 Å². The third-order valence-electron chi connectivity index (χ3n) is 5.41. The zero-order valence-electron chi connectivity index (χ0n) is 15.3. The quantitative estimate of drug-likeness (QED) is 0.822. The number of benzene rings is 1. The first-order chi connectivity index (χ1) is 12.2. The number of anilines is 1. The molecule has 1 fully saturated rings. The fourth-order valence-electron chi connectivity index (χ4n) is 3.73. The Hall–Kier alpha value is -1.47. The number of carbonyl (C=O) groups excluding carboxylic acids is 1. The van der Waals surface area contributed by atoms with Gasteiger partial charge < -0.3 is 5.32 Å². The lowest BCUT2D eigenvalue weighted by Gasteiger charge is -2.28.